The highest BCUT2D eigenvalue weighted by Gasteiger charge is 2.34. The topological polar surface area (TPSA) is 49.7 Å². The van der Waals surface area contributed by atoms with Crippen LogP contribution in [0.2, 0.25) is 0 Å². The summed E-state index contributed by atoms with van der Waals surface area (Å²) in [4.78, 5) is 21.2. The van der Waals surface area contributed by atoms with Crippen molar-refractivity contribution in [3.05, 3.63) is 100 Å². The van der Waals surface area contributed by atoms with Crippen LogP contribution < -0.4 is 4.52 Å². The van der Waals surface area contributed by atoms with Gasteiger partial charge in [0.15, 0.2) is 0 Å². The summed E-state index contributed by atoms with van der Waals surface area (Å²) >= 11 is 0. The molecule has 0 spiro atoms. The molecule has 0 fully saturated rings. The Morgan fingerprint density at radius 2 is 0.783 bits per heavy atom. The first kappa shape index (κ1) is 47.8. The zero-order chi connectivity index (χ0) is 45.0. The summed E-state index contributed by atoms with van der Waals surface area (Å²) in [5.41, 5.74) is 11.8. The van der Waals surface area contributed by atoms with E-state index in [1.165, 1.54) is 60.5 Å². The van der Waals surface area contributed by atoms with Gasteiger partial charge in [-0.2, -0.15) is 0 Å². The zero-order valence-corrected chi connectivity index (χ0v) is 41.7. The van der Waals surface area contributed by atoms with Crippen molar-refractivity contribution in [2.24, 2.45) is 0 Å². The molecule has 3 nitrogen and oxygen atoms in total. The predicted molar refractivity (Wildman–Crippen MR) is 264 cm³/mol. The van der Waals surface area contributed by atoms with Gasteiger partial charge in [0.05, 0.1) is 0 Å². The number of hydrogen-bond donors (Lipinski definition) is 2. The molecule has 326 valence electrons. The van der Waals surface area contributed by atoms with Crippen LogP contribution in [0.3, 0.4) is 0 Å². The summed E-state index contributed by atoms with van der Waals surface area (Å²) < 4.78 is 6.15. The standard InChI is InChI=1S/C56H79O3P/c1-19-51(7,8)38-28-36-30-45(53(11,12)21-3)43(34-41(36)47(32-38)55(15,16)23-5)40-26-25-27-49(59-60(57)58)50(40)44-35-42-37(31-46(44)54(13,14)22-4)29-39(52(9,10)20-2)33-48(42)56(17,18)24-6/h25-35,57-58H,19-24H2,1-18H3. The van der Waals surface area contributed by atoms with Gasteiger partial charge < -0.3 is 14.3 Å². The van der Waals surface area contributed by atoms with Crippen LogP contribution in [0.25, 0.3) is 43.8 Å². The molecular formula is C56H79O3P. The lowest BCUT2D eigenvalue weighted by molar-refractivity contribution is 0.375. The van der Waals surface area contributed by atoms with E-state index >= 15 is 0 Å². The van der Waals surface area contributed by atoms with E-state index in [1.54, 1.807) is 0 Å². The Hall–Kier alpha value is -3.23. The van der Waals surface area contributed by atoms with Crippen LogP contribution in [0.4, 0.5) is 0 Å². The van der Waals surface area contributed by atoms with Crippen molar-refractivity contribution in [1.29, 1.82) is 0 Å². The summed E-state index contributed by atoms with van der Waals surface area (Å²) in [5, 5.41) is 5.06. The van der Waals surface area contributed by atoms with E-state index in [-0.39, 0.29) is 32.5 Å². The van der Waals surface area contributed by atoms with Crippen molar-refractivity contribution in [3.8, 4) is 28.0 Å². The summed E-state index contributed by atoms with van der Waals surface area (Å²) in [6.45, 7) is 42.1. The molecule has 0 saturated carbocycles. The maximum absolute atomic E-state index is 10.6. The quantitative estimate of drug-likeness (QED) is 0.0974. The van der Waals surface area contributed by atoms with Gasteiger partial charge in [-0.3, -0.25) is 0 Å². The van der Waals surface area contributed by atoms with Crippen LogP contribution in [0.15, 0.2) is 66.7 Å². The fourth-order valence-electron chi connectivity index (χ4n) is 8.64. The van der Waals surface area contributed by atoms with Gasteiger partial charge in [-0.25, -0.2) is 0 Å². The van der Waals surface area contributed by atoms with E-state index in [4.69, 9.17) is 4.52 Å². The zero-order valence-electron chi connectivity index (χ0n) is 40.8. The minimum atomic E-state index is -2.69. The Kier molecular flexibility index (Phi) is 13.7. The fraction of sp³-hybridized carbons (Fsp3) is 0.536. The molecule has 0 aliphatic carbocycles. The molecule has 60 heavy (non-hydrogen) atoms. The average molecular weight is 831 g/mol. The van der Waals surface area contributed by atoms with Gasteiger partial charge in [0, 0.05) is 5.56 Å². The molecular weight excluding hydrogens is 752 g/mol. The monoisotopic (exact) mass is 831 g/mol. The van der Waals surface area contributed by atoms with Gasteiger partial charge in [-0.1, -0.05) is 161 Å². The second kappa shape index (κ2) is 17.1. The lowest BCUT2D eigenvalue weighted by Gasteiger charge is -2.34. The minimum Gasteiger partial charge on any atom is -0.426 e. The van der Waals surface area contributed by atoms with Gasteiger partial charge in [0.2, 0.25) is 0 Å². The molecule has 0 aromatic heterocycles. The third kappa shape index (κ3) is 8.98. The summed E-state index contributed by atoms with van der Waals surface area (Å²) in [5.74, 6) is 0.491. The Balaban J connectivity index is 2.08. The van der Waals surface area contributed by atoms with Crippen LogP contribution in [0, 0.1) is 0 Å². The predicted octanol–water partition coefficient (Wildman–Crippen LogP) is 17.0. The van der Waals surface area contributed by atoms with Gasteiger partial charge in [-0.05, 0) is 173 Å². The van der Waals surface area contributed by atoms with Crippen molar-refractivity contribution >= 4 is 30.1 Å². The minimum absolute atomic E-state index is 0.0235. The third-order valence-electron chi connectivity index (χ3n) is 15.7. The van der Waals surface area contributed by atoms with Gasteiger partial charge >= 0.3 is 8.60 Å². The molecule has 0 heterocycles. The molecule has 0 aliphatic heterocycles. The Morgan fingerprint density at radius 1 is 0.417 bits per heavy atom. The molecule has 2 N–H and O–H groups in total. The van der Waals surface area contributed by atoms with Crippen molar-refractivity contribution < 1.29 is 14.3 Å². The van der Waals surface area contributed by atoms with Gasteiger partial charge in [-0.15, -0.1) is 0 Å². The first-order valence-corrected chi connectivity index (χ1v) is 24.2. The third-order valence-corrected chi connectivity index (χ3v) is 16.1. The van der Waals surface area contributed by atoms with Crippen LogP contribution in [-0.2, 0) is 32.5 Å². The molecule has 0 aliphatic rings. The SMILES string of the molecule is CCC(C)(C)c1cc(C(C)(C)CC)c2cc(-c3cccc(OP(O)O)c3-c3cc4c(C(C)(C)CC)cc(C(C)(C)CC)cc4cc3C(C)(C)CC)c(C(C)(C)CC)cc2c1. The van der Waals surface area contributed by atoms with Crippen molar-refractivity contribution in [1.82, 2.24) is 0 Å². The first-order valence-electron chi connectivity index (χ1n) is 23.0. The van der Waals surface area contributed by atoms with Crippen molar-refractivity contribution in [2.45, 2.75) is 196 Å². The Morgan fingerprint density at radius 3 is 1.17 bits per heavy atom. The molecule has 4 heteroatoms. The van der Waals surface area contributed by atoms with E-state index in [1.807, 2.05) is 12.1 Å². The molecule has 5 rings (SSSR count). The van der Waals surface area contributed by atoms with E-state index < -0.39 is 8.60 Å². The smallest absolute Gasteiger partial charge is 0.391 e. The van der Waals surface area contributed by atoms with E-state index in [2.05, 4.69) is 179 Å². The van der Waals surface area contributed by atoms with Crippen molar-refractivity contribution in [2.75, 3.05) is 0 Å². The van der Waals surface area contributed by atoms with E-state index in [9.17, 15) is 9.79 Å². The van der Waals surface area contributed by atoms with Crippen LogP contribution in [0.5, 0.6) is 5.75 Å². The number of benzene rings is 5. The van der Waals surface area contributed by atoms with Crippen LogP contribution in [-0.4, -0.2) is 9.79 Å². The lowest BCUT2D eigenvalue weighted by atomic mass is 9.70. The fourth-order valence-corrected chi connectivity index (χ4v) is 8.97. The molecule has 0 unspecified atom stereocenters. The lowest BCUT2D eigenvalue weighted by Crippen LogP contribution is -2.22. The first-order chi connectivity index (χ1) is 27.7. The van der Waals surface area contributed by atoms with Gasteiger partial charge in [0.25, 0.3) is 0 Å². The average Bonchev–Trinajstić information content (AvgIpc) is 3.21. The maximum Gasteiger partial charge on any atom is 0.391 e. The van der Waals surface area contributed by atoms with Crippen LogP contribution in [0.1, 0.15) is 197 Å². The number of hydrogen-bond acceptors (Lipinski definition) is 3. The van der Waals surface area contributed by atoms with Gasteiger partial charge in [0.1, 0.15) is 5.75 Å². The maximum atomic E-state index is 10.6. The molecule has 5 aromatic rings. The number of rotatable bonds is 16. The molecule has 0 atom stereocenters. The molecule has 5 aromatic carbocycles. The van der Waals surface area contributed by atoms with Crippen molar-refractivity contribution in [3.63, 3.8) is 0 Å². The second-order valence-electron chi connectivity index (χ2n) is 21.7. The van der Waals surface area contributed by atoms with Crippen LogP contribution >= 0.6 is 8.60 Å². The number of fused-ring (bicyclic) bond motifs is 2. The molecule has 0 amide bonds. The van der Waals surface area contributed by atoms with E-state index in [0.29, 0.717) is 5.75 Å². The normalized spacial score (nSPS) is 13.6. The molecule has 0 bridgehead atoms. The highest BCUT2D eigenvalue weighted by Crippen LogP contribution is 2.52. The largest absolute Gasteiger partial charge is 0.426 e. The Labute approximate surface area is 366 Å². The molecule has 0 radical (unpaired) electrons. The van der Waals surface area contributed by atoms with E-state index in [0.717, 1.165) is 55.2 Å². The summed E-state index contributed by atoms with van der Waals surface area (Å²) in [7, 11) is -2.69. The summed E-state index contributed by atoms with van der Waals surface area (Å²) in [6, 6.07) is 25.9. The Bertz CT molecular complexity index is 2350. The highest BCUT2D eigenvalue weighted by molar-refractivity contribution is 7.39. The summed E-state index contributed by atoms with van der Waals surface area (Å²) in [6.07, 6.45) is 6.01. The highest BCUT2D eigenvalue weighted by atomic mass is 31.2. The second-order valence-corrected chi connectivity index (χ2v) is 22.4. The molecule has 0 saturated heterocycles.